The van der Waals surface area contributed by atoms with E-state index in [9.17, 15) is 0 Å². The smallest absolute Gasteiger partial charge is 0.119 e. The molecule has 1 aromatic carbocycles. The number of nitrogens with zero attached hydrogens (tertiary/aromatic N) is 1. The maximum atomic E-state index is 7.49. The molecule has 0 amide bonds. The summed E-state index contributed by atoms with van der Waals surface area (Å²) in [5.41, 5.74) is 0.796. The van der Waals surface area contributed by atoms with E-state index in [0.717, 1.165) is 43.5 Å². The van der Waals surface area contributed by atoms with E-state index < -0.39 is 0 Å². The van der Waals surface area contributed by atoms with E-state index >= 15 is 0 Å². The molecular formula is C16H26N4O. The van der Waals surface area contributed by atoms with E-state index in [2.05, 4.69) is 5.32 Å². The molecule has 21 heavy (non-hydrogen) atoms. The molecule has 0 bridgehead atoms. The molecule has 0 atom stereocenters. The Morgan fingerprint density at radius 1 is 1.33 bits per heavy atom. The lowest BCUT2D eigenvalue weighted by Gasteiger charge is -2.22. The Bertz CT molecular complexity index is 440. The first kappa shape index (κ1) is 15.8. The van der Waals surface area contributed by atoms with Gasteiger partial charge in [0, 0.05) is 0 Å². The fourth-order valence-electron chi connectivity index (χ4n) is 2.63. The summed E-state index contributed by atoms with van der Waals surface area (Å²) in [6.45, 7) is 4.74. The van der Waals surface area contributed by atoms with E-state index in [4.69, 9.17) is 16.0 Å². The molecule has 0 aromatic heterocycles. The zero-order chi connectivity index (χ0) is 15.1. The molecule has 0 aliphatic carbocycles. The molecule has 0 saturated carbocycles. The molecule has 4 N–H and O–H groups in total. The molecule has 116 valence electrons. The lowest BCUT2D eigenvalue weighted by Crippen LogP contribution is -2.34. The topological polar surface area (TPSA) is 74.4 Å². The number of benzene rings is 1. The highest BCUT2D eigenvalue weighted by Crippen LogP contribution is 2.20. The lowest BCUT2D eigenvalue weighted by molar-refractivity contribution is 0.274. The van der Waals surface area contributed by atoms with Crippen molar-refractivity contribution in [2.75, 3.05) is 24.7 Å². The fourth-order valence-corrected chi connectivity index (χ4v) is 2.63. The molecule has 1 heterocycles. The minimum atomic E-state index is 0.311. The monoisotopic (exact) mass is 290 g/mol. The third-order valence-corrected chi connectivity index (χ3v) is 3.96. The SMILES string of the molecule is CC(=N)N(N)c1ccc(OCCCC2CCNCC2)cc1. The second kappa shape index (κ2) is 8.00. The molecule has 0 unspecified atom stereocenters. The van der Waals surface area contributed by atoms with Crippen LogP contribution in [0.25, 0.3) is 0 Å². The highest BCUT2D eigenvalue weighted by Gasteiger charge is 2.12. The van der Waals surface area contributed by atoms with Crippen molar-refractivity contribution in [3.05, 3.63) is 24.3 Å². The van der Waals surface area contributed by atoms with Gasteiger partial charge in [0.2, 0.25) is 0 Å². The normalized spacial score (nSPS) is 15.7. The van der Waals surface area contributed by atoms with Crippen molar-refractivity contribution in [3.8, 4) is 5.75 Å². The highest BCUT2D eigenvalue weighted by atomic mass is 16.5. The Morgan fingerprint density at radius 3 is 2.62 bits per heavy atom. The number of hydrogen-bond donors (Lipinski definition) is 3. The Balaban J connectivity index is 1.69. The average molecular weight is 290 g/mol. The predicted molar refractivity (Wildman–Crippen MR) is 86.8 cm³/mol. The minimum Gasteiger partial charge on any atom is -0.494 e. The van der Waals surface area contributed by atoms with Crippen LogP contribution in [0, 0.1) is 11.3 Å². The summed E-state index contributed by atoms with van der Waals surface area (Å²) in [5.74, 6) is 7.79. The van der Waals surface area contributed by atoms with Gasteiger partial charge in [-0.3, -0.25) is 10.4 Å². The van der Waals surface area contributed by atoms with Crippen LogP contribution in [-0.4, -0.2) is 25.5 Å². The number of nitrogens with one attached hydrogen (secondary N) is 2. The Labute approximate surface area is 126 Å². The van der Waals surface area contributed by atoms with Crippen molar-refractivity contribution >= 4 is 11.5 Å². The Kier molecular flexibility index (Phi) is 6.02. The minimum absolute atomic E-state index is 0.311. The maximum absolute atomic E-state index is 7.49. The summed E-state index contributed by atoms with van der Waals surface area (Å²) in [5, 5.41) is 12.2. The Morgan fingerprint density at radius 2 is 2.00 bits per heavy atom. The number of amidine groups is 1. The van der Waals surface area contributed by atoms with Crippen LogP contribution in [0.2, 0.25) is 0 Å². The van der Waals surface area contributed by atoms with Gasteiger partial charge in [0.25, 0.3) is 0 Å². The van der Waals surface area contributed by atoms with Gasteiger partial charge >= 0.3 is 0 Å². The van der Waals surface area contributed by atoms with Crippen LogP contribution in [0.3, 0.4) is 0 Å². The first-order valence-corrected chi connectivity index (χ1v) is 7.70. The summed E-state index contributed by atoms with van der Waals surface area (Å²) in [7, 11) is 0. The van der Waals surface area contributed by atoms with Crippen molar-refractivity contribution in [1.82, 2.24) is 5.32 Å². The number of rotatable bonds is 6. The predicted octanol–water partition coefficient (Wildman–Crippen LogP) is 2.52. The second-order valence-corrected chi connectivity index (χ2v) is 5.63. The zero-order valence-corrected chi connectivity index (χ0v) is 12.8. The molecular weight excluding hydrogens is 264 g/mol. The molecule has 2 rings (SSSR count). The molecule has 1 aliphatic rings. The first-order chi connectivity index (χ1) is 10.2. The first-order valence-electron chi connectivity index (χ1n) is 7.70. The van der Waals surface area contributed by atoms with Gasteiger partial charge in [0.05, 0.1) is 12.3 Å². The fraction of sp³-hybridized carbons (Fsp3) is 0.562. The van der Waals surface area contributed by atoms with Crippen LogP contribution >= 0.6 is 0 Å². The van der Waals surface area contributed by atoms with E-state index in [1.165, 1.54) is 24.3 Å². The number of piperidine rings is 1. The van der Waals surface area contributed by atoms with Crippen LogP contribution in [0.4, 0.5) is 5.69 Å². The van der Waals surface area contributed by atoms with Gasteiger partial charge in [0.1, 0.15) is 11.6 Å². The summed E-state index contributed by atoms with van der Waals surface area (Å²) in [4.78, 5) is 0. The number of hydrazine groups is 1. The third-order valence-electron chi connectivity index (χ3n) is 3.96. The Hall–Kier alpha value is -1.59. The van der Waals surface area contributed by atoms with E-state index in [1.807, 2.05) is 24.3 Å². The summed E-state index contributed by atoms with van der Waals surface area (Å²) in [6, 6.07) is 7.56. The summed E-state index contributed by atoms with van der Waals surface area (Å²) >= 11 is 0. The van der Waals surface area contributed by atoms with Gasteiger partial charge in [-0.2, -0.15) is 0 Å². The van der Waals surface area contributed by atoms with Crippen molar-refractivity contribution in [3.63, 3.8) is 0 Å². The highest BCUT2D eigenvalue weighted by molar-refractivity contribution is 5.92. The van der Waals surface area contributed by atoms with Gasteiger partial charge in [-0.05, 0) is 75.9 Å². The van der Waals surface area contributed by atoms with E-state index in [-0.39, 0.29) is 0 Å². The number of nitrogens with two attached hydrogens (primary N) is 1. The van der Waals surface area contributed by atoms with Gasteiger partial charge < -0.3 is 10.1 Å². The quantitative estimate of drug-likeness (QED) is 0.247. The number of hydrogen-bond acceptors (Lipinski definition) is 4. The van der Waals surface area contributed by atoms with Gasteiger partial charge in [-0.15, -0.1) is 0 Å². The van der Waals surface area contributed by atoms with Crippen LogP contribution in [-0.2, 0) is 0 Å². The molecule has 5 heteroatoms. The molecule has 5 nitrogen and oxygen atoms in total. The standard InChI is InChI=1S/C16H26N4O/c1-13(17)20(18)15-4-6-16(7-5-15)21-12-2-3-14-8-10-19-11-9-14/h4-7,14,17,19H,2-3,8-12,18H2,1H3. The second-order valence-electron chi connectivity index (χ2n) is 5.63. The third kappa shape index (κ3) is 5.02. The van der Waals surface area contributed by atoms with Crippen LogP contribution in [0.1, 0.15) is 32.6 Å². The molecule has 1 fully saturated rings. The van der Waals surface area contributed by atoms with Crippen molar-refractivity contribution in [1.29, 1.82) is 5.41 Å². The lowest BCUT2D eigenvalue weighted by atomic mass is 9.93. The summed E-state index contributed by atoms with van der Waals surface area (Å²) in [6.07, 6.45) is 4.95. The average Bonchev–Trinajstić information content (AvgIpc) is 2.52. The molecule has 0 radical (unpaired) electrons. The van der Waals surface area contributed by atoms with Crippen LogP contribution < -0.4 is 20.9 Å². The molecule has 0 spiro atoms. The zero-order valence-electron chi connectivity index (χ0n) is 12.8. The maximum Gasteiger partial charge on any atom is 0.119 e. The van der Waals surface area contributed by atoms with Crippen molar-refractivity contribution < 1.29 is 4.74 Å². The van der Waals surface area contributed by atoms with Gasteiger partial charge in [0.15, 0.2) is 0 Å². The van der Waals surface area contributed by atoms with Gasteiger partial charge in [-0.1, -0.05) is 0 Å². The van der Waals surface area contributed by atoms with Gasteiger partial charge in [-0.25, -0.2) is 5.84 Å². The number of ether oxygens (including phenoxy) is 1. The van der Waals surface area contributed by atoms with Crippen LogP contribution in [0.15, 0.2) is 24.3 Å². The van der Waals surface area contributed by atoms with Crippen molar-refractivity contribution in [2.45, 2.75) is 32.6 Å². The van der Waals surface area contributed by atoms with Crippen molar-refractivity contribution in [2.24, 2.45) is 11.8 Å². The van der Waals surface area contributed by atoms with E-state index in [0.29, 0.717) is 5.84 Å². The molecule has 1 aromatic rings. The van der Waals surface area contributed by atoms with E-state index in [1.54, 1.807) is 6.92 Å². The summed E-state index contributed by atoms with van der Waals surface area (Å²) < 4.78 is 5.76. The largest absolute Gasteiger partial charge is 0.494 e. The van der Waals surface area contributed by atoms with Crippen LogP contribution in [0.5, 0.6) is 5.75 Å². The number of anilines is 1. The molecule has 1 saturated heterocycles. The molecule has 1 aliphatic heterocycles.